The van der Waals surface area contributed by atoms with Gasteiger partial charge >= 0.3 is 0 Å². The van der Waals surface area contributed by atoms with E-state index in [0.29, 0.717) is 57.6 Å². The molecule has 0 aliphatic carbocycles. The molecule has 3 aromatic rings. The number of nitrogens with zero attached hydrogens (tertiary/aromatic N) is 4. The summed E-state index contributed by atoms with van der Waals surface area (Å²) in [5, 5.41) is 1.09. The molecule has 1 aliphatic rings. The number of carbonyl (C=O) groups is 2. The van der Waals surface area contributed by atoms with E-state index in [9.17, 15) is 14.4 Å². The quantitative estimate of drug-likeness (QED) is 0.596. The van der Waals surface area contributed by atoms with Crippen LogP contribution in [-0.4, -0.2) is 64.0 Å². The fourth-order valence-corrected chi connectivity index (χ4v) is 4.72. The highest BCUT2D eigenvalue weighted by Crippen LogP contribution is 2.28. The summed E-state index contributed by atoms with van der Waals surface area (Å²) in [4.78, 5) is 46.7. The molecule has 1 aromatic carbocycles. The van der Waals surface area contributed by atoms with E-state index in [4.69, 9.17) is 16.3 Å². The van der Waals surface area contributed by atoms with Crippen molar-refractivity contribution in [2.75, 3.05) is 32.8 Å². The number of hydrogen-bond acceptors (Lipinski definition) is 6. The molecule has 0 radical (unpaired) electrons. The van der Waals surface area contributed by atoms with Gasteiger partial charge in [0.1, 0.15) is 10.6 Å². The van der Waals surface area contributed by atoms with Crippen LogP contribution >= 0.6 is 22.9 Å². The molecule has 162 valence electrons. The maximum absolute atomic E-state index is 13.1. The van der Waals surface area contributed by atoms with Gasteiger partial charge in [-0.1, -0.05) is 11.6 Å². The number of thiophene rings is 1. The standard InChI is InChI=1S/C21H21ClN4O4S/c1-13-17-19(23-12-24(2)20(17)28)31-18(13)21(29)26-9-7-25(8-10-26)16(27)11-30-15-5-3-14(22)4-6-15/h3-6,12H,7-11H2,1-2H3. The van der Waals surface area contributed by atoms with E-state index >= 15 is 0 Å². The van der Waals surface area contributed by atoms with Crippen LogP contribution in [0.4, 0.5) is 0 Å². The number of aromatic nitrogens is 2. The molecule has 4 rings (SSSR count). The minimum Gasteiger partial charge on any atom is -0.484 e. The van der Waals surface area contributed by atoms with Crippen LogP contribution in [0.25, 0.3) is 10.2 Å². The Morgan fingerprint density at radius 1 is 1.13 bits per heavy atom. The van der Waals surface area contributed by atoms with Crippen molar-refractivity contribution >= 4 is 45.0 Å². The van der Waals surface area contributed by atoms with Crippen LogP contribution in [0.5, 0.6) is 5.75 Å². The van der Waals surface area contributed by atoms with Gasteiger partial charge in [-0.15, -0.1) is 11.3 Å². The second-order valence-electron chi connectivity index (χ2n) is 7.31. The van der Waals surface area contributed by atoms with E-state index in [1.807, 2.05) is 0 Å². The number of rotatable bonds is 4. The highest BCUT2D eigenvalue weighted by atomic mass is 35.5. The number of piperazine rings is 1. The summed E-state index contributed by atoms with van der Waals surface area (Å²) < 4.78 is 6.93. The monoisotopic (exact) mass is 460 g/mol. The molecule has 31 heavy (non-hydrogen) atoms. The third kappa shape index (κ3) is 4.28. The van der Waals surface area contributed by atoms with Crippen molar-refractivity contribution in [2.24, 2.45) is 7.05 Å². The topological polar surface area (TPSA) is 84.7 Å². The number of ether oxygens (including phenoxy) is 1. The van der Waals surface area contributed by atoms with Crippen LogP contribution in [0, 0.1) is 6.92 Å². The van der Waals surface area contributed by atoms with Gasteiger partial charge in [-0.05, 0) is 36.8 Å². The molecule has 0 N–H and O–H groups in total. The third-order valence-electron chi connectivity index (χ3n) is 5.30. The Balaban J connectivity index is 1.38. The zero-order chi connectivity index (χ0) is 22.1. The number of hydrogen-bond donors (Lipinski definition) is 0. The largest absolute Gasteiger partial charge is 0.484 e. The Morgan fingerprint density at radius 3 is 2.45 bits per heavy atom. The second-order valence-corrected chi connectivity index (χ2v) is 8.75. The van der Waals surface area contributed by atoms with E-state index in [1.165, 1.54) is 22.2 Å². The van der Waals surface area contributed by atoms with Gasteiger partial charge < -0.3 is 19.1 Å². The van der Waals surface area contributed by atoms with Crippen molar-refractivity contribution in [3.8, 4) is 5.75 Å². The van der Waals surface area contributed by atoms with Crippen molar-refractivity contribution in [3.63, 3.8) is 0 Å². The minimum atomic E-state index is -0.158. The van der Waals surface area contributed by atoms with Crippen molar-refractivity contribution in [1.29, 1.82) is 0 Å². The normalized spacial score (nSPS) is 14.2. The summed E-state index contributed by atoms with van der Waals surface area (Å²) in [5.41, 5.74) is 0.502. The minimum absolute atomic E-state index is 0.0695. The first-order chi connectivity index (χ1) is 14.8. The zero-order valence-electron chi connectivity index (χ0n) is 17.1. The number of carbonyl (C=O) groups excluding carboxylic acids is 2. The summed E-state index contributed by atoms with van der Waals surface area (Å²) in [7, 11) is 1.64. The van der Waals surface area contributed by atoms with Gasteiger partial charge in [-0.25, -0.2) is 4.98 Å². The molecule has 2 aromatic heterocycles. The smallest absolute Gasteiger partial charge is 0.264 e. The van der Waals surface area contributed by atoms with Gasteiger partial charge in [-0.2, -0.15) is 0 Å². The van der Waals surface area contributed by atoms with Gasteiger partial charge in [-0.3, -0.25) is 14.4 Å². The molecular formula is C21H21ClN4O4S. The molecule has 2 amide bonds. The summed E-state index contributed by atoms with van der Waals surface area (Å²) in [6.45, 7) is 3.41. The lowest BCUT2D eigenvalue weighted by molar-refractivity contribution is -0.134. The Hall–Kier alpha value is -2.91. The summed E-state index contributed by atoms with van der Waals surface area (Å²) >= 11 is 7.08. The lowest BCUT2D eigenvalue weighted by Gasteiger charge is -2.34. The molecule has 0 saturated carbocycles. The van der Waals surface area contributed by atoms with E-state index < -0.39 is 0 Å². The second kappa shape index (κ2) is 8.68. The maximum Gasteiger partial charge on any atom is 0.264 e. The van der Waals surface area contributed by atoms with Crippen molar-refractivity contribution < 1.29 is 14.3 Å². The van der Waals surface area contributed by atoms with E-state index in [-0.39, 0.29) is 24.0 Å². The SMILES string of the molecule is Cc1c(C(=O)N2CCN(C(=O)COc3ccc(Cl)cc3)CC2)sc2ncn(C)c(=O)c12. The summed E-state index contributed by atoms with van der Waals surface area (Å²) in [6, 6.07) is 6.82. The number of fused-ring (bicyclic) bond motifs is 1. The van der Waals surface area contributed by atoms with Crippen LogP contribution in [0.3, 0.4) is 0 Å². The molecule has 1 aliphatic heterocycles. The van der Waals surface area contributed by atoms with Crippen LogP contribution < -0.4 is 10.3 Å². The number of benzene rings is 1. The average Bonchev–Trinajstić information content (AvgIpc) is 3.12. The Labute approximate surface area is 187 Å². The van der Waals surface area contributed by atoms with Gasteiger partial charge in [0.2, 0.25) is 0 Å². The summed E-state index contributed by atoms with van der Waals surface area (Å²) in [6.07, 6.45) is 1.46. The van der Waals surface area contributed by atoms with E-state index in [2.05, 4.69) is 4.98 Å². The van der Waals surface area contributed by atoms with Crippen molar-refractivity contribution in [3.05, 3.63) is 56.4 Å². The summed E-state index contributed by atoms with van der Waals surface area (Å²) in [5.74, 6) is 0.311. The Morgan fingerprint density at radius 2 is 1.77 bits per heavy atom. The predicted molar refractivity (Wildman–Crippen MR) is 119 cm³/mol. The Bertz CT molecular complexity index is 1200. The molecule has 10 heteroatoms. The first-order valence-electron chi connectivity index (χ1n) is 9.75. The zero-order valence-corrected chi connectivity index (χ0v) is 18.7. The maximum atomic E-state index is 13.1. The molecule has 8 nitrogen and oxygen atoms in total. The van der Waals surface area contributed by atoms with Gasteiger partial charge in [0.05, 0.1) is 16.6 Å². The highest BCUT2D eigenvalue weighted by molar-refractivity contribution is 7.20. The average molecular weight is 461 g/mol. The lowest BCUT2D eigenvalue weighted by atomic mass is 10.2. The first-order valence-corrected chi connectivity index (χ1v) is 10.9. The van der Waals surface area contributed by atoms with Crippen LogP contribution in [-0.2, 0) is 11.8 Å². The molecule has 1 fully saturated rings. The molecule has 0 spiro atoms. The van der Waals surface area contributed by atoms with Crippen LogP contribution in [0.2, 0.25) is 5.02 Å². The van der Waals surface area contributed by atoms with Gasteiger partial charge in [0.15, 0.2) is 6.61 Å². The van der Waals surface area contributed by atoms with Crippen LogP contribution in [0.1, 0.15) is 15.2 Å². The van der Waals surface area contributed by atoms with E-state index in [0.717, 1.165) is 0 Å². The fraction of sp³-hybridized carbons (Fsp3) is 0.333. The number of halogens is 1. The lowest BCUT2D eigenvalue weighted by Crippen LogP contribution is -2.51. The van der Waals surface area contributed by atoms with Crippen molar-refractivity contribution in [1.82, 2.24) is 19.4 Å². The number of amides is 2. The van der Waals surface area contributed by atoms with Crippen LogP contribution in [0.15, 0.2) is 35.4 Å². The highest BCUT2D eigenvalue weighted by Gasteiger charge is 2.28. The molecule has 0 unspecified atom stereocenters. The van der Waals surface area contributed by atoms with Gasteiger partial charge in [0, 0.05) is 38.2 Å². The Kier molecular flexibility index (Phi) is 5.97. The number of aryl methyl sites for hydroxylation is 2. The third-order valence-corrected chi connectivity index (χ3v) is 6.74. The molecule has 3 heterocycles. The van der Waals surface area contributed by atoms with Gasteiger partial charge in [0.25, 0.3) is 17.4 Å². The fourth-order valence-electron chi connectivity index (χ4n) is 3.48. The first kappa shape index (κ1) is 21.3. The predicted octanol–water partition coefficient (Wildman–Crippen LogP) is 2.32. The van der Waals surface area contributed by atoms with Crippen molar-refractivity contribution in [2.45, 2.75) is 6.92 Å². The molecule has 0 bridgehead atoms. The van der Waals surface area contributed by atoms with E-state index in [1.54, 1.807) is 48.0 Å². The molecule has 0 atom stereocenters. The molecular weight excluding hydrogens is 440 g/mol. The molecule has 1 saturated heterocycles.